The number of hydrogen-bond donors (Lipinski definition) is 2. The SMILES string of the molecule is Cc1nc(NCc2cc(Br)ccc2F)cc(=O)[nH]1. The van der Waals surface area contributed by atoms with Crippen LogP contribution in [0.2, 0.25) is 0 Å². The summed E-state index contributed by atoms with van der Waals surface area (Å²) >= 11 is 3.28. The zero-order chi connectivity index (χ0) is 13.1. The standard InChI is InChI=1S/C12H11BrFN3O/c1-7-16-11(5-12(18)17-7)15-6-8-4-9(13)2-3-10(8)14/h2-5H,6H2,1H3,(H2,15,16,17,18). The number of aromatic nitrogens is 2. The van der Waals surface area contributed by atoms with Crippen LogP contribution in [0.4, 0.5) is 10.2 Å². The summed E-state index contributed by atoms with van der Waals surface area (Å²) in [5.41, 5.74) is 0.267. The van der Waals surface area contributed by atoms with E-state index in [1.807, 2.05) is 0 Å². The van der Waals surface area contributed by atoms with Gasteiger partial charge in [0.05, 0.1) is 0 Å². The first kappa shape index (κ1) is 12.8. The minimum atomic E-state index is -0.299. The molecule has 94 valence electrons. The van der Waals surface area contributed by atoms with Crippen molar-refractivity contribution in [2.24, 2.45) is 0 Å². The summed E-state index contributed by atoms with van der Waals surface area (Å²) in [7, 11) is 0. The average Bonchev–Trinajstić information content (AvgIpc) is 2.29. The summed E-state index contributed by atoms with van der Waals surface area (Å²) in [6.07, 6.45) is 0. The molecular formula is C12H11BrFN3O. The Labute approximate surface area is 111 Å². The van der Waals surface area contributed by atoms with Crippen molar-refractivity contribution < 1.29 is 4.39 Å². The zero-order valence-electron chi connectivity index (χ0n) is 9.63. The highest BCUT2D eigenvalue weighted by Crippen LogP contribution is 2.16. The van der Waals surface area contributed by atoms with Gasteiger partial charge in [0, 0.05) is 22.6 Å². The van der Waals surface area contributed by atoms with Crippen molar-refractivity contribution in [2.75, 3.05) is 5.32 Å². The lowest BCUT2D eigenvalue weighted by atomic mass is 10.2. The Balaban J connectivity index is 2.16. The molecule has 0 atom stereocenters. The quantitative estimate of drug-likeness (QED) is 0.916. The first-order valence-electron chi connectivity index (χ1n) is 5.30. The summed E-state index contributed by atoms with van der Waals surface area (Å²) in [6, 6.07) is 6.04. The van der Waals surface area contributed by atoms with Gasteiger partial charge in [-0.3, -0.25) is 4.79 Å². The molecule has 1 aromatic carbocycles. The molecule has 0 saturated carbocycles. The van der Waals surface area contributed by atoms with Crippen molar-refractivity contribution in [3.05, 3.63) is 56.3 Å². The van der Waals surface area contributed by atoms with E-state index in [0.29, 0.717) is 17.2 Å². The molecule has 1 aromatic heterocycles. The van der Waals surface area contributed by atoms with Crippen LogP contribution in [0.5, 0.6) is 0 Å². The Hall–Kier alpha value is -1.69. The molecule has 0 amide bonds. The van der Waals surface area contributed by atoms with Gasteiger partial charge in [-0.05, 0) is 25.1 Å². The minimum absolute atomic E-state index is 0.236. The molecule has 0 bridgehead atoms. The maximum Gasteiger partial charge on any atom is 0.252 e. The van der Waals surface area contributed by atoms with E-state index in [2.05, 4.69) is 31.2 Å². The number of hydrogen-bond acceptors (Lipinski definition) is 3. The van der Waals surface area contributed by atoms with Crippen molar-refractivity contribution in [2.45, 2.75) is 13.5 Å². The molecule has 6 heteroatoms. The highest BCUT2D eigenvalue weighted by atomic mass is 79.9. The fourth-order valence-corrected chi connectivity index (χ4v) is 1.94. The molecule has 2 N–H and O–H groups in total. The maximum atomic E-state index is 13.5. The lowest BCUT2D eigenvalue weighted by molar-refractivity contribution is 0.612. The van der Waals surface area contributed by atoms with Crippen LogP contribution in [0.15, 0.2) is 33.5 Å². The predicted molar refractivity (Wildman–Crippen MR) is 71.0 cm³/mol. The van der Waals surface area contributed by atoms with E-state index in [4.69, 9.17) is 0 Å². The molecule has 1 heterocycles. The molecule has 4 nitrogen and oxygen atoms in total. The first-order valence-corrected chi connectivity index (χ1v) is 6.09. The number of benzene rings is 1. The van der Waals surface area contributed by atoms with Crippen molar-refractivity contribution in [3.63, 3.8) is 0 Å². The molecule has 0 aliphatic rings. The average molecular weight is 312 g/mol. The second-order valence-corrected chi connectivity index (χ2v) is 4.72. The monoisotopic (exact) mass is 311 g/mol. The molecule has 0 spiro atoms. The van der Waals surface area contributed by atoms with E-state index < -0.39 is 0 Å². The molecular weight excluding hydrogens is 301 g/mol. The number of aromatic amines is 1. The van der Waals surface area contributed by atoms with Crippen molar-refractivity contribution in [1.82, 2.24) is 9.97 Å². The van der Waals surface area contributed by atoms with Gasteiger partial charge >= 0.3 is 0 Å². The highest BCUT2D eigenvalue weighted by molar-refractivity contribution is 9.10. The van der Waals surface area contributed by atoms with Gasteiger partial charge in [-0.25, -0.2) is 9.37 Å². The lowest BCUT2D eigenvalue weighted by Gasteiger charge is -2.07. The smallest absolute Gasteiger partial charge is 0.252 e. The fraction of sp³-hybridized carbons (Fsp3) is 0.167. The van der Waals surface area contributed by atoms with Gasteiger partial charge in [0.15, 0.2) is 0 Å². The molecule has 18 heavy (non-hydrogen) atoms. The number of nitrogens with one attached hydrogen (secondary N) is 2. The molecule has 0 fully saturated rings. The maximum absolute atomic E-state index is 13.5. The Bertz CT molecular complexity index is 627. The van der Waals surface area contributed by atoms with Crippen LogP contribution in [0.1, 0.15) is 11.4 Å². The van der Waals surface area contributed by atoms with E-state index in [0.717, 1.165) is 4.47 Å². The van der Waals surface area contributed by atoms with Crippen LogP contribution in [0.25, 0.3) is 0 Å². The van der Waals surface area contributed by atoms with Gasteiger partial charge in [0.25, 0.3) is 5.56 Å². The molecule has 0 unspecified atom stereocenters. The summed E-state index contributed by atoms with van der Waals surface area (Å²) in [5, 5.41) is 2.92. The van der Waals surface area contributed by atoms with Gasteiger partial charge in [-0.1, -0.05) is 15.9 Å². The zero-order valence-corrected chi connectivity index (χ0v) is 11.2. The highest BCUT2D eigenvalue weighted by Gasteiger charge is 2.04. The van der Waals surface area contributed by atoms with E-state index in [-0.39, 0.29) is 17.9 Å². The van der Waals surface area contributed by atoms with Crippen LogP contribution in [-0.2, 0) is 6.54 Å². The normalized spacial score (nSPS) is 10.4. The van der Waals surface area contributed by atoms with E-state index in [9.17, 15) is 9.18 Å². The van der Waals surface area contributed by atoms with Gasteiger partial charge in [-0.2, -0.15) is 0 Å². The summed E-state index contributed by atoms with van der Waals surface area (Å²) in [5.74, 6) is 0.641. The van der Waals surface area contributed by atoms with Crippen LogP contribution in [0.3, 0.4) is 0 Å². The van der Waals surface area contributed by atoms with Crippen molar-refractivity contribution in [3.8, 4) is 0 Å². The van der Waals surface area contributed by atoms with Gasteiger partial charge in [-0.15, -0.1) is 0 Å². The Kier molecular flexibility index (Phi) is 3.76. The Morgan fingerprint density at radius 3 is 2.94 bits per heavy atom. The van der Waals surface area contributed by atoms with Crippen molar-refractivity contribution in [1.29, 1.82) is 0 Å². The molecule has 0 aliphatic heterocycles. The fourth-order valence-electron chi connectivity index (χ4n) is 1.53. The van der Waals surface area contributed by atoms with Crippen molar-refractivity contribution >= 4 is 21.7 Å². The molecule has 0 saturated heterocycles. The topological polar surface area (TPSA) is 57.8 Å². The molecule has 0 aliphatic carbocycles. The van der Waals surface area contributed by atoms with Crippen LogP contribution in [-0.4, -0.2) is 9.97 Å². The van der Waals surface area contributed by atoms with E-state index in [1.54, 1.807) is 19.1 Å². The van der Waals surface area contributed by atoms with Gasteiger partial charge in [0.1, 0.15) is 17.5 Å². The number of halogens is 2. The van der Waals surface area contributed by atoms with Crippen LogP contribution < -0.4 is 10.9 Å². The Morgan fingerprint density at radius 1 is 1.44 bits per heavy atom. The third-order valence-electron chi connectivity index (χ3n) is 2.33. The number of anilines is 1. The van der Waals surface area contributed by atoms with E-state index in [1.165, 1.54) is 12.1 Å². The van der Waals surface area contributed by atoms with Gasteiger partial charge in [0.2, 0.25) is 0 Å². The number of rotatable bonds is 3. The van der Waals surface area contributed by atoms with Gasteiger partial charge < -0.3 is 10.3 Å². The molecule has 2 rings (SSSR count). The summed E-state index contributed by atoms with van der Waals surface area (Å²) in [4.78, 5) is 17.9. The minimum Gasteiger partial charge on any atom is -0.366 e. The second kappa shape index (κ2) is 5.30. The van der Waals surface area contributed by atoms with Crippen LogP contribution in [0, 0.1) is 12.7 Å². The Morgan fingerprint density at radius 2 is 2.22 bits per heavy atom. The molecule has 2 aromatic rings. The summed E-state index contributed by atoms with van der Waals surface area (Å²) < 4.78 is 14.3. The molecule has 0 radical (unpaired) electrons. The van der Waals surface area contributed by atoms with Crippen LogP contribution >= 0.6 is 15.9 Å². The number of nitrogens with zero attached hydrogens (tertiary/aromatic N) is 1. The van der Waals surface area contributed by atoms with E-state index >= 15 is 0 Å². The predicted octanol–water partition coefficient (Wildman–Crippen LogP) is 2.59. The largest absolute Gasteiger partial charge is 0.366 e. The summed E-state index contributed by atoms with van der Waals surface area (Å²) in [6.45, 7) is 1.95. The lowest BCUT2D eigenvalue weighted by Crippen LogP contribution is -2.12. The second-order valence-electron chi connectivity index (χ2n) is 3.81. The first-order chi connectivity index (χ1) is 8.54. The third kappa shape index (κ3) is 3.16. The number of H-pyrrole nitrogens is 1. The number of aryl methyl sites for hydroxylation is 1. The third-order valence-corrected chi connectivity index (χ3v) is 2.82.